The Labute approximate surface area is 247 Å². The summed E-state index contributed by atoms with van der Waals surface area (Å²) in [5.41, 5.74) is 3.02. The molecule has 0 radical (unpaired) electrons. The highest BCUT2D eigenvalue weighted by atomic mass is 35.5. The van der Waals surface area contributed by atoms with Crippen LogP contribution in [0.3, 0.4) is 0 Å². The lowest BCUT2D eigenvalue weighted by molar-refractivity contribution is -0.145. The summed E-state index contributed by atoms with van der Waals surface area (Å²) >= 11 is 6.14. The molecule has 0 spiro atoms. The molecular weight excluding hydrogens is 542 g/mol. The number of amides is 2. The van der Waals surface area contributed by atoms with Crippen molar-refractivity contribution in [2.24, 2.45) is 0 Å². The Morgan fingerprint density at radius 1 is 0.927 bits per heavy atom. The van der Waals surface area contributed by atoms with E-state index in [1.807, 2.05) is 78.9 Å². The topological polar surface area (TPSA) is 80.3 Å². The summed E-state index contributed by atoms with van der Waals surface area (Å²) in [4.78, 5) is 29.8. The molecule has 218 valence electrons. The van der Waals surface area contributed by atoms with E-state index in [1.165, 1.54) is 0 Å². The maximum absolute atomic E-state index is 13.1. The van der Waals surface area contributed by atoms with Crippen LogP contribution >= 0.6 is 11.6 Å². The van der Waals surface area contributed by atoms with Crippen molar-refractivity contribution in [1.29, 1.82) is 0 Å². The van der Waals surface area contributed by atoms with Crippen molar-refractivity contribution in [2.75, 3.05) is 46.4 Å². The van der Waals surface area contributed by atoms with Gasteiger partial charge in [0.05, 0.1) is 26.4 Å². The van der Waals surface area contributed by atoms with Crippen LogP contribution in [0, 0.1) is 0 Å². The third-order valence-electron chi connectivity index (χ3n) is 7.06. The number of nitrogens with zero attached hydrogens (tertiary/aromatic N) is 2. The summed E-state index contributed by atoms with van der Waals surface area (Å²) in [6, 6.07) is 24.2. The molecule has 8 nitrogen and oxygen atoms in total. The van der Waals surface area contributed by atoms with Crippen LogP contribution in [0.25, 0.3) is 0 Å². The van der Waals surface area contributed by atoms with E-state index in [1.54, 1.807) is 18.9 Å². The maximum Gasteiger partial charge on any atom is 0.329 e. The average Bonchev–Trinajstić information content (AvgIpc) is 3.00. The molecule has 0 saturated carbocycles. The van der Waals surface area contributed by atoms with Gasteiger partial charge >= 0.3 is 12.0 Å². The minimum absolute atomic E-state index is 0.182. The number of carbonyl (C=O) groups is 2. The molecule has 1 aliphatic rings. The van der Waals surface area contributed by atoms with Crippen LogP contribution < -0.4 is 10.1 Å². The second-order valence-electron chi connectivity index (χ2n) is 9.93. The van der Waals surface area contributed by atoms with Crippen LogP contribution in [0.2, 0.25) is 5.02 Å². The first-order valence-corrected chi connectivity index (χ1v) is 14.3. The van der Waals surface area contributed by atoms with E-state index in [0.29, 0.717) is 50.8 Å². The fraction of sp³-hybridized carbons (Fsp3) is 0.375. The van der Waals surface area contributed by atoms with E-state index < -0.39 is 12.0 Å². The molecule has 2 atom stereocenters. The molecule has 3 aromatic rings. The molecule has 0 aliphatic carbocycles. The van der Waals surface area contributed by atoms with Gasteiger partial charge in [-0.1, -0.05) is 66.2 Å². The third-order valence-corrected chi connectivity index (χ3v) is 7.31. The number of esters is 1. The normalized spacial score (nSPS) is 15.1. The molecule has 4 rings (SSSR count). The molecule has 0 aromatic heterocycles. The van der Waals surface area contributed by atoms with Gasteiger partial charge in [-0.2, -0.15) is 0 Å². The molecule has 3 aromatic carbocycles. The first-order chi connectivity index (χ1) is 19.9. The Hall–Kier alpha value is -3.59. The minimum Gasteiger partial charge on any atom is -0.497 e. The second kappa shape index (κ2) is 15.4. The summed E-state index contributed by atoms with van der Waals surface area (Å²) in [6.45, 7) is 5.56. The van der Waals surface area contributed by atoms with Gasteiger partial charge in [-0.15, -0.1) is 0 Å². The lowest BCUT2D eigenvalue weighted by atomic mass is 10.1. The van der Waals surface area contributed by atoms with E-state index in [4.69, 9.17) is 25.8 Å². The van der Waals surface area contributed by atoms with Crippen molar-refractivity contribution >= 4 is 23.6 Å². The van der Waals surface area contributed by atoms with Gasteiger partial charge in [0.2, 0.25) is 0 Å². The second-order valence-corrected chi connectivity index (χ2v) is 10.4. The van der Waals surface area contributed by atoms with Crippen molar-refractivity contribution in [2.45, 2.75) is 32.1 Å². The summed E-state index contributed by atoms with van der Waals surface area (Å²) in [5.74, 6) is 0.361. The highest BCUT2D eigenvalue weighted by Gasteiger charge is 2.28. The number of methoxy groups -OCH3 is 1. The zero-order valence-corrected chi connectivity index (χ0v) is 24.4. The SMILES string of the molecule is CCOC(=O)C(Cc1ccccc1)NC(=O)N1CCN(CC(OCc2cccc(OC)c2)c2ccc(Cl)cc2)CC1. The smallest absolute Gasteiger partial charge is 0.329 e. The van der Waals surface area contributed by atoms with Crippen LogP contribution in [0.4, 0.5) is 4.79 Å². The zero-order valence-electron chi connectivity index (χ0n) is 23.6. The minimum atomic E-state index is -0.748. The fourth-order valence-electron chi connectivity index (χ4n) is 4.79. The van der Waals surface area contributed by atoms with Crippen molar-refractivity contribution in [1.82, 2.24) is 15.1 Å². The number of piperazine rings is 1. The Morgan fingerprint density at radius 2 is 1.63 bits per heavy atom. The van der Waals surface area contributed by atoms with Gasteiger partial charge < -0.3 is 24.4 Å². The van der Waals surface area contributed by atoms with Crippen LogP contribution in [0.5, 0.6) is 5.75 Å². The van der Waals surface area contributed by atoms with Gasteiger partial charge in [-0.05, 0) is 47.9 Å². The zero-order chi connectivity index (χ0) is 29.0. The van der Waals surface area contributed by atoms with E-state index >= 15 is 0 Å². The number of hydrogen-bond acceptors (Lipinski definition) is 6. The third kappa shape index (κ3) is 9.21. The predicted molar refractivity (Wildman–Crippen MR) is 159 cm³/mol. The monoisotopic (exact) mass is 579 g/mol. The Bertz CT molecular complexity index is 1250. The van der Waals surface area contributed by atoms with E-state index in [9.17, 15) is 9.59 Å². The summed E-state index contributed by atoms with van der Waals surface area (Å²) in [7, 11) is 1.65. The average molecular weight is 580 g/mol. The molecule has 1 saturated heterocycles. The standard InChI is InChI=1S/C32H38ClN3O5/c1-3-40-31(37)29(21-24-8-5-4-6-9-24)34-32(38)36-18-16-35(17-19-36)22-30(26-12-14-27(33)15-13-26)41-23-25-10-7-11-28(20-25)39-2/h4-15,20,29-30H,3,16-19,21-23H2,1-2H3,(H,34,38). The van der Waals surface area contributed by atoms with Gasteiger partial charge in [0, 0.05) is 44.2 Å². The molecule has 1 fully saturated rings. The number of halogens is 1. The number of ether oxygens (including phenoxy) is 3. The van der Waals surface area contributed by atoms with Gasteiger partial charge in [0.15, 0.2) is 0 Å². The molecule has 1 aliphatic heterocycles. The quantitative estimate of drug-likeness (QED) is 0.301. The molecule has 2 amide bonds. The van der Waals surface area contributed by atoms with Crippen molar-refractivity contribution in [3.05, 3.63) is 101 Å². The van der Waals surface area contributed by atoms with Crippen molar-refractivity contribution < 1.29 is 23.8 Å². The summed E-state index contributed by atoms with van der Waals surface area (Å²) in [5, 5.41) is 3.58. The highest BCUT2D eigenvalue weighted by molar-refractivity contribution is 6.30. The van der Waals surface area contributed by atoms with Crippen LogP contribution in [0.1, 0.15) is 29.7 Å². The number of urea groups is 1. The van der Waals surface area contributed by atoms with E-state index in [0.717, 1.165) is 22.4 Å². The van der Waals surface area contributed by atoms with Crippen LogP contribution in [0.15, 0.2) is 78.9 Å². The Balaban J connectivity index is 1.34. The number of hydrogen-bond donors (Lipinski definition) is 1. The number of benzene rings is 3. The summed E-state index contributed by atoms with van der Waals surface area (Å²) < 4.78 is 17.0. The largest absolute Gasteiger partial charge is 0.497 e. The molecular formula is C32H38ClN3O5. The van der Waals surface area contributed by atoms with Gasteiger partial charge in [0.1, 0.15) is 11.8 Å². The molecule has 41 heavy (non-hydrogen) atoms. The first-order valence-electron chi connectivity index (χ1n) is 13.9. The molecule has 2 unspecified atom stereocenters. The molecule has 1 N–H and O–H groups in total. The van der Waals surface area contributed by atoms with Crippen LogP contribution in [-0.2, 0) is 27.3 Å². The number of nitrogens with one attached hydrogen (secondary N) is 1. The van der Waals surface area contributed by atoms with Crippen LogP contribution in [-0.4, -0.2) is 74.3 Å². The molecule has 9 heteroatoms. The van der Waals surface area contributed by atoms with Gasteiger partial charge in [-0.3, -0.25) is 4.90 Å². The summed E-state index contributed by atoms with van der Waals surface area (Å²) in [6.07, 6.45) is 0.191. The lowest BCUT2D eigenvalue weighted by Gasteiger charge is -2.37. The van der Waals surface area contributed by atoms with E-state index in [-0.39, 0.29) is 18.7 Å². The number of carbonyl (C=O) groups excluding carboxylic acids is 2. The maximum atomic E-state index is 13.1. The number of rotatable bonds is 12. The Kier molecular flexibility index (Phi) is 11.4. The predicted octanol–water partition coefficient (Wildman–Crippen LogP) is 5.11. The van der Waals surface area contributed by atoms with Crippen molar-refractivity contribution in [3.63, 3.8) is 0 Å². The van der Waals surface area contributed by atoms with Gasteiger partial charge in [0.25, 0.3) is 0 Å². The molecule has 0 bridgehead atoms. The van der Waals surface area contributed by atoms with Gasteiger partial charge in [-0.25, -0.2) is 9.59 Å². The molecule has 1 heterocycles. The highest BCUT2D eigenvalue weighted by Crippen LogP contribution is 2.24. The van der Waals surface area contributed by atoms with E-state index in [2.05, 4.69) is 10.2 Å². The lowest BCUT2D eigenvalue weighted by Crippen LogP contribution is -2.55. The first kappa shape index (κ1) is 30.4. The Morgan fingerprint density at radius 3 is 2.32 bits per heavy atom. The van der Waals surface area contributed by atoms with Crippen molar-refractivity contribution in [3.8, 4) is 5.75 Å². The fourth-order valence-corrected chi connectivity index (χ4v) is 4.91.